The summed E-state index contributed by atoms with van der Waals surface area (Å²) in [6, 6.07) is 28.0. The van der Waals surface area contributed by atoms with Crippen molar-refractivity contribution in [3.05, 3.63) is 96.1 Å². The summed E-state index contributed by atoms with van der Waals surface area (Å²) in [5.74, 6) is -0.105. The molecule has 0 aliphatic rings. The Hall–Kier alpha value is -3.50. The average Bonchev–Trinajstić information content (AvgIpc) is 3.19. The number of carbonyl (C=O) groups excluding carboxylic acids is 1. The van der Waals surface area contributed by atoms with Gasteiger partial charge in [-0.2, -0.15) is 0 Å². The Morgan fingerprint density at radius 1 is 0.862 bits per heavy atom. The van der Waals surface area contributed by atoms with Gasteiger partial charge in [0.2, 0.25) is 0 Å². The number of hydrogen-bond acceptors (Lipinski definition) is 3. The normalized spacial score (nSPS) is 11.1. The molecule has 0 aliphatic heterocycles. The predicted octanol–water partition coefficient (Wildman–Crippen LogP) is 6.68. The van der Waals surface area contributed by atoms with Crippen LogP contribution >= 0.6 is 11.3 Å². The molecule has 0 saturated heterocycles. The van der Waals surface area contributed by atoms with Crippen LogP contribution in [0, 0.1) is 6.92 Å². The Kier molecular flexibility index (Phi) is 4.34. The van der Waals surface area contributed by atoms with Gasteiger partial charge in [-0.25, -0.2) is 4.98 Å². The van der Waals surface area contributed by atoms with Crippen LogP contribution in [0.3, 0.4) is 0 Å². The number of nitrogens with one attached hydrogen (secondary N) is 1. The fraction of sp³-hybridized carbons (Fsp3) is 0.0400. The standard InChI is InChI=1S/C25H18N2OS/c1-16-14-20(25-27-22-8-4-5-9-23(22)29-25)12-13-21(16)26-24(28)19-11-10-17-6-2-3-7-18(17)15-19/h2-15H,1H3,(H,26,28). The molecule has 1 aromatic heterocycles. The number of thiazole rings is 1. The summed E-state index contributed by atoms with van der Waals surface area (Å²) < 4.78 is 1.17. The highest BCUT2D eigenvalue weighted by Crippen LogP contribution is 2.32. The zero-order valence-electron chi connectivity index (χ0n) is 15.8. The van der Waals surface area contributed by atoms with Crippen molar-refractivity contribution in [1.29, 1.82) is 0 Å². The molecule has 0 saturated carbocycles. The number of hydrogen-bond donors (Lipinski definition) is 1. The molecule has 0 radical (unpaired) electrons. The number of benzene rings is 4. The van der Waals surface area contributed by atoms with Crippen molar-refractivity contribution in [3.8, 4) is 10.6 Å². The highest BCUT2D eigenvalue weighted by molar-refractivity contribution is 7.21. The average molecular weight is 394 g/mol. The summed E-state index contributed by atoms with van der Waals surface area (Å²) in [4.78, 5) is 17.5. The van der Waals surface area contributed by atoms with Crippen molar-refractivity contribution in [3.63, 3.8) is 0 Å². The molecule has 0 unspecified atom stereocenters. The number of para-hydroxylation sites is 1. The second kappa shape index (κ2) is 7.15. The fourth-order valence-electron chi connectivity index (χ4n) is 3.46. The molecular formula is C25H18N2OS. The van der Waals surface area contributed by atoms with Crippen molar-refractivity contribution >= 4 is 43.9 Å². The van der Waals surface area contributed by atoms with Crippen molar-refractivity contribution < 1.29 is 4.79 Å². The van der Waals surface area contributed by atoms with Gasteiger partial charge in [0.05, 0.1) is 10.2 Å². The maximum atomic E-state index is 12.8. The third-order valence-corrected chi connectivity index (χ3v) is 6.11. The van der Waals surface area contributed by atoms with E-state index < -0.39 is 0 Å². The van der Waals surface area contributed by atoms with E-state index in [1.54, 1.807) is 11.3 Å². The monoisotopic (exact) mass is 394 g/mol. The van der Waals surface area contributed by atoms with Gasteiger partial charge in [0, 0.05) is 16.8 Å². The van der Waals surface area contributed by atoms with Gasteiger partial charge in [-0.15, -0.1) is 11.3 Å². The van der Waals surface area contributed by atoms with Crippen molar-refractivity contribution in [2.24, 2.45) is 0 Å². The van der Waals surface area contributed by atoms with E-state index in [9.17, 15) is 4.79 Å². The summed E-state index contributed by atoms with van der Waals surface area (Å²) in [6.45, 7) is 2.01. The Morgan fingerprint density at radius 2 is 1.66 bits per heavy atom. The third kappa shape index (κ3) is 3.39. The highest BCUT2D eigenvalue weighted by Gasteiger charge is 2.11. The number of anilines is 1. The van der Waals surface area contributed by atoms with Crippen LogP contribution in [0.2, 0.25) is 0 Å². The Bertz CT molecular complexity index is 1340. The van der Waals surface area contributed by atoms with E-state index in [0.717, 1.165) is 38.1 Å². The molecule has 3 nitrogen and oxygen atoms in total. The van der Waals surface area contributed by atoms with Crippen LogP contribution in [0.15, 0.2) is 84.9 Å². The number of aryl methyl sites for hydroxylation is 1. The number of aromatic nitrogens is 1. The highest BCUT2D eigenvalue weighted by atomic mass is 32.1. The molecule has 140 valence electrons. The lowest BCUT2D eigenvalue weighted by Gasteiger charge is -2.10. The molecule has 29 heavy (non-hydrogen) atoms. The lowest BCUT2D eigenvalue weighted by molar-refractivity contribution is 0.102. The Labute approximate surface area is 172 Å². The molecule has 1 N–H and O–H groups in total. The van der Waals surface area contributed by atoms with Crippen molar-refractivity contribution in [2.45, 2.75) is 6.92 Å². The summed E-state index contributed by atoms with van der Waals surface area (Å²) in [7, 11) is 0. The quantitative estimate of drug-likeness (QED) is 0.371. The number of fused-ring (bicyclic) bond motifs is 2. The number of amides is 1. The van der Waals surface area contributed by atoms with Gasteiger partial charge in [0.15, 0.2) is 0 Å². The largest absolute Gasteiger partial charge is 0.322 e. The SMILES string of the molecule is Cc1cc(-c2nc3ccccc3s2)ccc1NC(=O)c1ccc2ccccc2c1. The second-order valence-electron chi connectivity index (χ2n) is 7.03. The molecule has 1 amide bonds. The van der Waals surface area contributed by atoms with Crippen LogP contribution in [0.25, 0.3) is 31.6 Å². The van der Waals surface area contributed by atoms with Gasteiger partial charge in [-0.05, 0) is 65.7 Å². The van der Waals surface area contributed by atoms with Gasteiger partial charge < -0.3 is 5.32 Å². The van der Waals surface area contributed by atoms with Gasteiger partial charge in [0.25, 0.3) is 5.91 Å². The predicted molar refractivity (Wildman–Crippen MR) is 122 cm³/mol. The molecular weight excluding hydrogens is 376 g/mol. The Balaban J connectivity index is 1.41. The molecule has 1 heterocycles. The van der Waals surface area contributed by atoms with E-state index in [1.807, 2.05) is 79.7 Å². The minimum absolute atomic E-state index is 0.105. The zero-order chi connectivity index (χ0) is 19.8. The van der Waals surface area contributed by atoms with Crippen LogP contribution in [0.1, 0.15) is 15.9 Å². The van der Waals surface area contributed by atoms with Gasteiger partial charge in [0.1, 0.15) is 5.01 Å². The molecule has 0 fully saturated rings. The fourth-order valence-corrected chi connectivity index (χ4v) is 4.42. The first-order valence-corrected chi connectivity index (χ1v) is 10.3. The minimum atomic E-state index is -0.105. The molecule has 0 spiro atoms. The summed E-state index contributed by atoms with van der Waals surface area (Å²) in [5.41, 5.74) is 4.55. The molecule has 5 aromatic rings. The molecule has 0 atom stereocenters. The number of nitrogens with zero attached hydrogens (tertiary/aromatic N) is 1. The zero-order valence-corrected chi connectivity index (χ0v) is 16.7. The summed E-state index contributed by atoms with van der Waals surface area (Å²) >= 11 is 1.68. The second-order valence-corrected chi connectivity index (χ2v) is 8.06. The smallest absolute Gasteiger partial charge is 0.255 e. The van der Waals surface area contributed by atoms with E-state index in [0.29, 0.717) is 5.56 Å². The van der Waals surface area contributed by atoms with Crippen LogP contribution in [-0.2, 0) is 0 Å². The molecule has 0 aliphatic carbocycles. The lowest BCUT2D eigenvalue weighted by atomic mass is 10.1. The van der Waals surface area contributed by atoms with Crippen LogP contribution in [-0.4, -0.2) is 10.9 Å². The van der Waals surface area contributed by atoms with Crippen molar-refractivity contribution in [2.75, 3.05) is 5.32 Å². The van der Waals surface area contributed by atoms with E-state index in [-0.39, 0.29) is 5.91 Å². The maximum Gasteiger partial charge on any atom is 0.255 e. The Morgan fingerprint density at radius 3 is 2.48 bits per heavy atom. The van der Waals surface area contributed by atoms with Gasteiger partial charge in [-0.3, -0.25) is 4.79 Å². The molecule has 0 bridgehead atoms. The third-order valence-electron chi connectivity index (χ3n) is 5.03. The number of rotatable bonds is 3. The first kappa shape index (κ1) is 17.6. The summed E-state index contributed by atoms with van der Waals surface area (Å²) in [5, 5.41) is 6.21. The topological polar surface area (TPSA) is 42.0 Å². The number of carbonyl (C=O) groups is 1. The van der Waals surface area contributed by atoms with E-state index in [4.69, 9.17) is 4.98 Å². The van der Waals surface area contributed by atoms with Crippen molar-refractivity contribution in [1.82, 2.24) is 4.98 Å². The maximum absolute atomic E-state index is 12.8. The van der Waals surface area contributed by atoms with Gasteiger partial charge in [-0.1, -0.05) is 42.5 Å². The molecule has 4 aromatic carbocycles. The van der Waals surface area contributed by atoms with E-state index in [1.165, 1.54) is 4.70 Å². The van der Waals surface area contributed by atoms with Crippen LogP contribution < -0.4 is 5.32 Å². The minimum Gasteiger partial charge on any atom is -0.322 e. The van der Waals surface area contributed by atoms with Crippen LogP contribution in [0.4, 0.5) is 5.69 Å². The molecule has 4 heteroatoms. The van der Waals surface area contributed by atoms with E-state index in [2.05, 4.69) is 17.4 Å². The van der Waals surface area contributed by atoms with Crippen LogP contribution in [0.5, 0.6) is 0 Å². The first-order valence-electron chi connectivity index (χ1n) is 9.44. The first-order chi connectivity index (χ1) is 14.2. The molecule has 5 rings (SSSR count). The van der Waals surface area contributed by atoms with Gasteiger partial charge >= 0.3 is 0 Å². The summed E-state index contributed by atoms with van der Waals surface area (Å²) in [6.07, 6.45) is 0. The lowest BCUT2D eigenvalue weighted by Crippen LogP contribution is -2.12. The van der Waals surface area contributed by atoms with E-state index >= 15 is 0 Å².